The largest absolute Gasteiger partial charge is 1.00 e. The number of carboxylic acids is 1. The van der Waals surface area contributed by atoms with Crippen molar-refractivity contribution in [2.45, 2.75) is 6.11 Å². The number of aromatic nitrogens is 1. The summed E-state index contributed by atoms with van der Waals surface area (Å²) >= 11 is 5.41. The molecule has 0 spiro atoms. The van der Waals surface area contributed by atoms with Crippen molar-refractivity contribution >= 4 is 17.6 Å². The van der Waals surface area contributed by atoms with Crippen LogP contribution < -0.4 is 78.7 Å². The Bertz CT molecular complexity index is 347. The van der Waals surface area contributed by atoms with E-state index in [4.69, 9.17) is 11.6 Å². The van der Waals surface area contributed by atoms with E-state index in [1.54, 1.807) is 0 Å². The van der Waals surface area contributed by atoms with E-state index in [2.05, 4.69) is 9.72 Å². The summed E-state index contributed by atoms with van der Waals surface area (Å²) in [7, 11) is 0. The van der Waals surface area contributed by atoms with Crippen molar-refractivity contribution in [3.8, 4) is 5.88 Å². The van der Waals surface area contributed by atoms with Gasteiger partial charge >= 0.3 is 75.0 Å². The maximum atomic E-state index is 12.4. The summed E-state index contributed by atoms with van der Waals surface area (Å²) in [5.74, 6) is -3.18. The van der Waals surface area contributed by atoms with Crippen molar-refractivity contribution in [2.24, 2.45) is 0 Å². The van der Waals surface area contributed by atoms with Crippen LogP contribution in [0.4, 0.5) is 8.78 Å². The number of alkyl halides is 2. The fraction of sp³-hybridized carbons (Fsp3) is 0.143. The molecule has 1 rings (SSSR count). The van der Waals surface area contributed by atoms with Gasteiger partial charge in [-0.3, -0.25) is 0 Å². The third-order valence-corrected chi connectivity index (χ3v) is 1.39. The molecule has 0 amide bonds. The average Bonchev–Trinajstić information content (AvgIpc) is 2.08. The molecule has 0 bridgehead atoms. The van der Waals surface area contributed by atoms with E-state index in [9.17, 15) is 18.7 Å². The van der Waals surface area contributed by atoms with Gasteiger partial charge in [-0.15, -0.1) is 0 Å². The van der Waals surface area contributed by atoms with Crippen molar-refractivity contribution in [3.05, 3.63) is 23.4 Å². The van der Waals surface area contributed by atoms with Crippen LogP contribution in [0.15, 0.2) is 18.3 Å². The van der Waals surface area contributed by atoms with Crippen LogP contribution in [-0.2, 0) is 4.79 Å². The molecule has 15 heavy (non-hydrogen) atoms. The van der Waals surface area contributed by atoms with Gasteiger partial charge in [0.05, 0.1) is 5.02 Å². The van der Waals surface area contributed by atoms with Gasteiger partial charge in [-0.1, -0.05) is 11.6 Å². The van der Waals surface area contributed by atoms with E-state index >= 15 is 0 Å². The number of carbonyl (C=O) groups excluding carboxylic acids is 1. The Morgan fingerprint density at radius 3 is 2.53 bits per heavy atom. The van der Waals surface area contributed by atoms with Gasteiger partial charge in [-0.2, -0.15) is 8.78 Å². The Labute approximate surface area is 147 Å². The number of pyridine rings is 1. The van der Waals surface area contributed by atoms with Gasteiger partial charge in [0.25, 0.3) is 0 Å². The second-order valence-corrected chi connectivity index (χ2v) is 2.66. The standard InChI is InChI=1S/C7H4ClF2NO3.Cs/c8-4-1-2-5(11-3-4)14-7(9,10)6(12)13;/h1-3H,(H,12,13);/q;+1/p-1. The van der Waals surface area contributed by atoms with E-state index < -0.39 is 18.0 Å². The quantitative estimate of drug-likeness (QED) is 0.600. The number of aliphatic carboxylic acids is 1. The number of ether oxygens (including phenoxy) is 1. The predicted octanol–water partition coefficient (Wildman–Crippen LogP) is -2.54. The molecule has 0 aliphatic carbocycles. The minimum atomic E-state index is -4.40. The molecule has 0 unspecified atom stereocenters. The first kappa shape index (κ1) is 15.6. The summed E-state index contributed by atoms with van der Waals surface area (Å²) in [4.78, 5) is 13.2. The molecule has 0 fully saturated rings. The zero-order valence-corrected chi connectivity index (χ0v) is 14.6. The minimum Gasteiger partial charge on any atom is -0.541 e. The summed E-state index contributed by atoms with van der Waals surface area (Å²) in [6, 6.07) is 2.24. The molecular weight excluding hydrogens is 352 g/mol. The van der Waals surface area contributed by atoms with Crippen LogP contribution in [0.1, 0.15) is 0 Å². The SMILES string of the molecule is O=C([O-])C(F)(F)Oc1ccc(Cl)cn1.[Cs+]. The average molecular weight is 355 g/mol. The third kappa shape index (κ3) is 4.98. The van der Waals surface area contributed by atoms with Crippen LogP contribution in [0.2, 0.25) is 5.02 Å². The number of carbonyl (C=O) groups is 1. The number of hydrogen-bond acceptors (Lipinski definition) is 4. The maximum absolute atomic E-state index is 12.4. The van der Waals surface area contributed by atoms with Gasteiger partial charge < -0.3 is 14.6 Å². The van der Waals surface area contributed by atoms with E-state index in [1.807, 2.05) is 0 Å². The summed E-state index contributed by atoms with van der Waals surface area (Å²) < 4.78 is 28.5. The van der Waals surface area contributed by atoms with Crippen LogP contribution >= 0.6 is 11.6 Å². The van der Waals surface area contributed by atoms with E-state index in [1.165, 1.54) is 6.07 Å². The Hall–Kier alpha value is 0.622. The Kier molecular flexibility index (Phi) is 6.64. The number of nitrogens with zero attached hydrogens (tertiary/aromatic N) is 1. The summed E-state index contributed by atoms with van der Waals surface area (Å²) in [5, 5.41) is 10.1. The second kappa shape index (κ2) is 6.38. The van der Waals surface area contributed by atoms with Crippen LogP contribution in [-0.4, -0.2) is 17.1 Å². The summed E-state index contributed by atoms with van der Waals surface area (Å²) in [6.45, 7) is 0. The van der Waals surface area contributed by atoms with E-state index in [-0.39, 0.29) is 73.9 Å². The molecular formula is C7H3ClCsF2NO3. The molecule has 0 atom stereocenters. The molecule has 4 nitrogen and oxygen atoms in total. The van der Waals surface area contributed by atoms with Crippen molar-refractivity contribution < 1.29 is 92.3 Å². The number of rotatable bonds is 3. The van der Waals surface area contributed by atoms with Gasteiger partial charge in [0.2, 0.25) is 5.88 Å². The van der Waals surface area contributed by atoms with Gasteiger partial charge in [0.15, 0.2) is 5.97 Å². The molecule has 76 valence electrons. The van der Waals surface area contributed by atoms with Crippen LogP contribution in [0.5, 0.6) is 5.88 Å². The zero-order chi connectivity index (χ0) is 10.8. The fourth-order valence-corrected chi connectivity index (χ4v) is 0.707. The molecule has 0 saturated carbocycles. The molecule has 0 aromatic carbocycles. The van der Waals surface area contributed by atoms with Gasteiger partial charge in [-0.25, -0.2) is 4.98 Å². The predicted molar refractivity (Wildman–Crippen MR) is 39.8 cm³/mol. The Balaban J connectivity index is 0.00000196. The molecule has 0 saturated heterocycles. The Morgan fingerprint density at radius 2 is 2.13 bits per heavy atom. The molecule has 0 N–H and O–H groups in total. The number of carboxylic acid groups (broad SMARTS) is 1. The zero-order valence-electron chi connectivity index (χ0n) is 7.54. The maximum Gasteiger partial charge on any atom is 1.00 e. The molecule has 8 heteroatoms. The smallest absolute Gasteiger partial charge is 0.541 e. The van der Waals surface area contributed by atoms with Crippen LogP contribution in [0, 0.1) is 0 Å². The Morgan fingerprint density at radius 1 is 1.53 bits per heavy atom. The van der Waals surface area contributed by atoms with Crippen LogP contribution in [0.25, 0.3) is 0 Å². The first-order valence-corrected chi connectivity index (χ1v) is 3.69. The second-order valence-electron chi connectivity index (χ2n) is 2.22. The van der Waals surface area contributed by atoms with Crippen molar-refractivity contribution in [2.75, 3.05) is 0 Å². The first-order valence-electron chi connectivity index (χ1n) is 3.31. The number of halogens is 3. The van der Waals surface area contributed by atoms with E-state index in [0.29, 0.717) is 0 Å². The van der Waals surface area contributed by atoms with Gasteiger partial charge in [-0.05, 0) is 6.07 Å². The third-order valence-electron chi connectivity index (χ3n) is 1.17. The normalized spacial score (nSPS) is 10.3. The molecule has 1 aromatic heterocycles. The van der Waals surface area contributed by atoms with Crippen molar-refractivity contribution in [1.29, 1.82) is 0 Å². The van der Waals surface area contributed by atoms with Crippen LogP contribution in [0.3, 0.4) is 0 Å². The summed E-state index contributed by atoms with van der Waals surface area (Å²) in [6.07, 6.45) is -3.36. The fourth-order valence-electron chi connectivity index (χ4n) is 0.596. The summed E-state index contributed by atoms with van der Waals surface area (Å²) in [5.41, 5.74) is 0. The molecule has 0 radical (unpaired) electrons. The molecule has 1 heterocycles. The monoisotopic (exact) mass is 355 g/mol. The van der Waals surface area contributed by atoms with Gasteiger partial charge in [0, 0.05) is 12.3 Å². The van der Waals surface area contributed by atoms with Crippen molar-refractivity contribution in [1.82, 2.24) is 4.98 Å². The van der Waals surface area contributed by atoms with Crippen molar-refractivity contribution in [3.63, 3.8) is 0 Å². The number of hydrogen-bond donors (Lipinski definition) is 0. The topological polar surface area (TPSA) is 62.2 Å². The molecule has 1 aromatic rings. The van der Waals surface area contributed by atoms with E-state index in [0.717, 1.165) is 12.3 Å². The molecule has 0 aliphatic heterocycles. The molecule has 0 aliphatic rings. The minimum absolute atomic E-state index is 0. The first-order chi connectivity index (χ1) is 6.42. The van der Waals surface area contributed by atoms with Gasteiger partial charge in [0.1, 0.15) is 0 Å².